The zero-order valence-corrected chi connectivity index (χ0v) is 15.8. The van der Waals surface area contributed by atoms with Gasteiger partial charge in [0.25, 0.3) is 0 Å². The second-order valence-corrected chi connectivity index (χ2v) is 7.09. The minimum absolute atomic E-state index is 0.181. The Morgan fingerprint density at radius 1 is 1.28 bits per heavy atom. The maximum absolute atomic E-state index is 11.7. The molecule has 2 heterocycles. The van der Waals surface area contributed by atoms with Crippen molar-refractivity contribution in [2.75, 3.05) is 13.7 Å². The van der Waals surface area contributed by atoms with Crippen LogP contribution in [0, 0.1) is 0 Å². The summed E-state index contributed by atoms with van der Waals surface area (Å²) in [5.41, 5.74) is 3.24. The number of imidazole rings is 1. The van der Waals surface area contributed by atoms with Crippen molar-refractivity contribution in [2.24, 2.45) is 0 Å². The molecule has 0 unspecified atom stereocenters. The lowest BCUT2D eigenvalue weighted by Crippen LogP contribution is -2.44. The van der Waals surface area contributed by atoms with Crippen molar-refractivity contribution in [1.82, 2.24) is 9.97 Å². The van der Waals surface area contributed by atoms with Gasteiger partial charge in [-0.3, -0.25) is 0 Å². The minimum atomic E-state index is -1.09. The molecule has 1 saturated heterocycles. The molecule has 0 saturated carbocycles. The highest BCUT2D eigenvalue weighted by Crippen LogP contribution is 2.33. The highest BCUT2D eigenvalue weighted by molar-refractivity contribution is 5.94. The van der Waals surface area contributed by atoms with Gasteiger partial charge in [0.2, 0.25) is 0 Å². The van der Waals surface area contributed by atoms with Crippen LogP contribution in [0.1, 0.15) is 28.4 Å². The van der Waals surface area contributed by atoms with Crippen LogP contribution in [0.5, 0.6) is 0 Å². The number of aromatic nitrogens is 2. The first-order valence-corrected chi connectivity index (χ1v) is 9.31. The number of rotatable bonds is 4. The number of methoxy groups -OCH3 is 1. The number of nitrogens with one attached hydrogen (secondary N) is 1. The molecule has 1 aliphatic rings. The molecule has 8 heteroatoms. The summed E-state index contributed by atoms with van der Waals surface area (Å²) in [5, 5.41) is 29.8. The molecule has 1 aliphatic heterocycles. The Labute approximate surface area is 166 Å². The van der Waals surface area contributed by atoms with Gasteiger partial charge in [-0.25, -0.2) is 9.78 Å². The minimum Gasteiger partial charge on any atom is -0.465 e. The van der Waals surface area contributed by atoms with Gasteiger partial charge in [-0.1, -0.05) is 18.2 Å². The molecule has 3 aromatic rings. The van der Waals surface area contributed by atoms with Crippen molar-refractivity contribution in [3.63, 3.8) is 0 Å². The second kappa shape index (κ2) is 7.92. The average molecular weight is 398 g/mol. The van der Waals surface area contributed by atoms with E-state index in [1.165, 1.54) is 7.11 Å². The van der Waals surface area contributed by atoms with E-state index in [1.54, 1.807) is 24.3 Å². The predicted molar refractivity (Wildman–Crippen MR) is 104 cm³/mol. The van der Waals surface area contributed by atoms with Crippen LogP contribution in [0.3, 0.4) is 0 Å². The molecule has 1 aromatic heterocycles. The number of nitrogens with zero attached hydrogens (tertiary/aromatic N) is 1. The lowest BCUT2D eigenvalue weighted by molar-refractivity contribution is -0.179. The number of aliphatic hydroxyl groups is 3. The van der Waals surface area contributed by atoms with Crippen molar-refractivity contribution in [1.29, 1.82) is 0 Å². The average Bonchev–Trinajstić information content (AvgIpc) is 3.18. The van der Waals surface area contributed by atoms with Crippen molar-refractivity contribution in [3.8, 4) is 11.4 Å². The Morgan fingerprint density at radius 2 is 2.10 bits per heavy atom. The summed E-state index contributed by atoms with van der Waals surface area (Å²) >= 11 is 0. The number of carbonyl (C=O) groups excluding carboxylic acids is 1. The van der Waals surface area contributed by atoms with Crippen molar-refractivity contribution in [3.05, 3.63) is 53.6 Å². The molecule has 29 heavy (non-hydrogen) atoms. The van der Waals surface area contributed by atoms with E-state index in [-0.39, 0.29) is 13.0 Å². The molecule has 0 aliphatic carbocycles. The van der Waals surface area contributed by atoms with Crippen LogP contribution >= 0.6 is 0 Å². The molecular formula is C21H22N2O6. The first-order chi connectivity index (χ1) is 14.0. The van der Waals surface area contributed by atoms with E-state index in [9.17, 15) is 20.1 Å². The van der Waals surface area contributed by atoms with Crippen molar-refractivity contribution < 1.29 is 29.6 Å². The monoisotopic (exact) mass is 398 g/mol. The number of hydrogen-bond donors (Lipinski definition) is 4. The predicted octanol–water partition coefficient (Wildman–Crippen LogP) is 1.56. The number of carbonyl (C=O) groups is 1. The summed E-state index contributed by atoms with van der Waals surface area (Å²) in [6, 6.07) is 12.3. The van der Waals surface area contributed by atoms with Crippen LogP contribution in [0.4, 0.5) is 0 Å². The fraction of sp³-hybridized carbons (Fsp3) is 0.333. The van der Waals surface area contributed by atoms with Gasteiger partial charge >= 0.3 is 5.97 Å². The van der Waals surface area contributed by atoms with Gasteiger partial charge < -0.3 is 29.8 Å². The number of ether oxygens (including phenoxy) is 2. The van der Waals surface area contributed by atoms with E-state index in [0.29, 0.717) is 28.0 Å². The maximum atomic E-state index is 11.7. The topological polar surface area (TPSA) is 125 Å². The number of hydrogen-bond acceptors (Lipinski definition) is 7. The maximum Gasteiger partial charge on any atom is 0.337 e. The number of esters is 1. The highest BCUT2D eigenvalue weighted by atomic mass is 16.5. The first-order valence-electron chi connectivity index (χ1n) is 9.31. The van der Waals surface area contributed by atoms with Gasteiger partial charge in [0.1, 0.15) is 18.0 Å². The second-order valence-electron chi connectivity index (χ2n) is 7.09. The fourth-order valence-electron chi connectivity index (χ4n) is 3.60. The van der Waals surface area contributed by atoms with Crippen LogP contribution < -0.4 is 0 Å². The molecule has 2 aromatic carbocycles. The summed E-state index contributed by atoms with van der Waals surface area (Å²) < 4.78 is 10.5. The summed E-state index contributed by atoms with van der Waals surface area (Å²) in [6.45, 7) is -0.230. The van der Waals surface area contributed by atoms with E-state index in [4.69, 9.17) is 9.47 Å². The normalized spacial score (nSPS) is 24.6. The molecule has 4 rings (SSSR count). The molecule has 4 N–H and O–H groups in total. The quantitative estimate of drug-likeness (QED) is 0.492. The third-order valence-electron chi connectivity index (χ3n) is 5.14. The summed E-state index contributed by atoms with van der Waals surface area (Å²) in [6.07, 6.45) is -3.18. The third kappa shape index (κ3) is 3.75. The van der Waals surface area contributed by atoms with Gasteiger partial charge in [-0.05, 0) is 29.8 Å². The lowest BCUT2D eigenvalue weighted by atomic mass is 9.92. The Hall–Kier alpha value is -2.78. The Morgan fingerprint density at radius 3 is 2.86 bits per heavy atom. The van der Waals surface area contributed by atoms with Crippen LogP contribution in [-0.4, -0.2) is 63.3 Å². The number of aromatic amines is 1. The van der Waals surface area contributed by atoms with Gasteiger partial charge in [0.15, 0.2) is 0 Å². The van der Waals surface area contributed by atoms with Gasteiger partial charge in [0, 0.05) is 12.0 Å². The van der Waals surface area contributed by atoms with E-state index < -0.39 is 30.4 Å². The number of fused-ring (bicyclic) bond motifs is 1. The Balaban J connectivity index is 1.67. The van der Waals surface area contributed by atoms with Crippen LogP contribution in [0.25, 0.3) is 22.4 Å². The largest absolute Gasteiger partial charge is 0.465 e. The van der Waals surface area contributed by atoms with Crippen LogP contribution in [-0.2, 0) is 9.47 Å². The van der Waals surface area contributed by atoms with Crippen molar-refractivity contribution >= 4 is 17.0 Å². The van der Waals surface area contributed by atoms with Gasteiger partial charge in [-0.15, -0.1) is 0 Å². The molecule has 1 fully saturated rings. The Bertz CT molecular complexity index is 1030. The van der Waals surface area contributed by atoms with Gasteiger partial charge in [-0.2, -0.15) is 0 Å². The standard InChI is InChI=1S/C21H22N2O6/c1-28-21(27)13-5-6-15-16(8-13)23-20(22-15)12-4-2-3-11(7-12)19-18(26)17(25)9-14(10-24)29-19/h2-8,14,17-19,24-26H,9-10H2,1H3,(H,22,23)/t14-,17-,18-,19+/m0/s1. The molecule has 0 spiro atoms. The molecular weight excluding hydrogens is 376 g/mol. The highest BCUT2D eigenvalue weighted by Gasteiger charge is 2.37. The van der Waals surface area contributed by atoms with E-state index in [1.807, 2.05) is 18.2 Å². The van der Waals surface area contributed by atoms with E-state index in [0.717, 1.165) is 5.56 Å². The fourth-order valence-corrected chi connectivity index (χ4v) is 3.60. The zero-order valence-electron chi connectivity index (χ0n) is 15.8. The number of H-pyrrole nitrogens is 1. The van der Waals surface area contributed by atoms with E-state index in [2.05, 4.69) is 9.97 Å². The molecule has 0 amide bonds. The molecule has 0 bridgehead atoms. The smallest absolute Gasteiger partial charge is 0.337 e. The molecule has 8 nitrogen and oxygen atoms in total. The third-order valence-corrected chi connectivity index (χ3v) is 5.14. The molecule has 0 radical (unpaired) electrons. The SMILES string of the molecule is COC(=O)c1ccc2nc(-c3cccc([C@H]4O[C@H](CO)C[C@H](O)[C@@H]4O)c3)[nH]c2c1. The molecule has 4 atom stereocenters. The number of aliphatic hydroxyl groups excluding tert-OH is 3. The summed E-state index contributed by atoms with van der Waals surface area (Å²) in [4.78, 5) is 19.5. The van der Waals surface area contributed by atoms with Crippen LogP contribution in [0.15, 0.2) is 42.5 Å². The van der Waals surface area contributed by atoms with E-state index >= 15 is 0 Å². The molecule has 152 valence electrons. The Kier molecular flexibility index (Phi) is 5.33. The first kappa shape index (κ1) is 19.5. The lowest BCUT2D eigenvalue weighted by Gasteiger charge is -2.36. The zero-order chi connectivity index (χ0) is 20.5. The summed E-state index contributed by atoms with van der Waals surface area (Å²) in [5.74, 6) is 0.166. The van der Waals surface area contributed by atoms with Gasteiger partial charge in [0.05, 0.1) is 42.5 Å². The van der Waals surface area contributed by atoms with Crippen LogP contribution in [0.2, 0.25) is 0 Å². The summed E-state index contributed by atoms with van der Waals surface area (Å²) in [7, 11) is 1.33. The number of benzene rings is 2. The van der Waals surface area contributed by atoms with Crippen molar-refractivity contribution in [2.45, 2.75) is 30.8 Å².